The topological polar surface area (TPSA) is 64.4 Å². The van der Waals surface area contributed by atoms with Crippen molar-refractivity contribution in [3.05, 3.63) is 24.3 Å². The molecule has 0 bridgehead atoms. The van der Waals surface area contributed by atoms with Crippen molar-refractivity contribution < 1.29 is 13.9 Å². The van der Waals surface area contributed by atoms with Crippen LogP contribution in [0, 0.1) is 0 Å². The molecule has 0 unspecified atom stereocenters. The highest BCUT2D eigenvalue weighted by molar-refractivity contribution is 5.89. The molecule has 0 atom stereocenters. The molecular weight excluding hydrogens is 175 g/mol. The summed E-state index contributed by atoms with van der Waals surface area (Å²) < 4.78 is 16.4. The number of carbonyl (C=O) groups excluding carboxylic acids is 1. The highest BCUT2D eigenvalue weighted by Crippen LogP contribution is 2.23. The predicted octanol–water partition coefficient (Wildman–Crippen LogP) is 1.48. The van der Waals surface area contributed by atoms with Gasteiger partial charge < -0.3 is 15.8 Å². The van der Waals surface area contributed by atoms with Crippen molar-refractivity contribution in [3.63, 3.8) is 0 Å². The van der Waals surface area contributed by atoms with Crippen molar-refractivity contribution in [2.45, 2.75) is 0 Å². The second kappa shape index (κ2) is 4.30. The molecule has 0 aliphatic heterocycles. The van der Waals surface area contributed by atoms with Crippen LogP contribution in [0.4, 0.5) is 14.9 Å². The van der Waals surface area contributed by atoms with E-state index >= 15 is 0 Å². The number of primary amides is 1. The number of carbonyl (C=O) groups is 1. The number of alkyl halides is 1. The van der Waals surface area contributed by atoms with Gasteiger partial charge in [-0.3, -0.25) is 0 Å². The van der Waals surface area contributed by atoms with Gasteiger partial charge in [0.05, 0.1) is 5.69 Å². The van der Waals surface area contributed by atoms with Crippen LogP contribution in [0.2, 0.25) is 0 Å². The highest BCUT2D eigenvalue weighted by Gasteiger charge is 2.03. The van der Waals surface area contributed by atoms with Gasteiger partial charge in [-0.25, -0.2) is 9.18 Å². The van der Waals surface area contributed by atoms with Gasteiger partial charge in [-0.15, -0.1) is 0 Å². The van der Waals surface area contributed by atoms with E-state index in [1.807, 2.05) is 0 Å². The summed E-state index contributed by atoms with van der Waals surface area (Å²) in [6.07, 6.45) is 0. The molecule has 0 aliphatic rings. The fourth-order valence-electron chi connectivity index (χ4n) is 0.887. The van der Waals surface area contributed by atoms with Crippen LogP contribution in [0.25, 0.3) is 0 Å². The summed E-state index contributed by atoms with van der Waals surface area (Å²) in [6, 6.07) is 5.73. The van der Waals surface area contributed by atoms with E-state index in [2.05, 4.69) is 10.1 Å². The lowest BCUT2D eigenvalue weighted by Crippen LogP contribution is -2.19. The Balaban J connectivity index is 2.84. The Morgan fingerprint density at radius 2 is 2.23 bits per heavy atom. The number of benzene rings is 1. The maximum atomic E-state index is 11.8. The monoisotopic (exact) mass is 184 g/mol. The summed E-state index contributed by atoms with van der Waals surface area (Å²) in [4.78, 5) is 10.5. The Hall–Kier alpha value is -1.78. The number of rotatable bonds is 3. The van der Waals surface area contributed by atoms with E-state index in [1.165, 1.54) is 6.07 Å². The van der Waals surface area contributed by atoms with Gasteiger partial charge in [-0.2, -0.15) is 0 Å². The number of para-hydroxylation sites is 2. The molecule has 4 nitrogen and oxygen atoms in total. The fraction of sp³-hybridized carbons (Fsp3) is 0.125. The van der Waals surface area contributed by atoms with Crippen LogP contribution in [0.15, 0.2) is 24.3 Å². The Morgan fingerprint density at radius 1 is 1.54 bits per heavy atom. The van der Waals surface area contributed by atoms with E-state index < -0.39 is 12.9 Å². The van der Waals surface area contributed by atoms with E-state index in [4.69, 9.17) is 5.73 Å². The third-order valence-electron chi connectivity index (χ3n) is 1.35. The molecule has 0 fully saturated rings. The molecule has 0 spiro atoms. The number of ether oxygens (including phenoxy) is 1. The lowest BCUT2D eigenvalue weighted by Gasteiger charge is -2.07. The van der Waals surface area contributed by atoms with Crippen LogP contribution in [0.3, 0.4) is 0 Å². The molecule has 0 saturated carbocycles. The van der Waals surface area contributed by atoms with Crippen LogP contribution in [-0.4, -0.2) is 12.9 Å². The van der Waals surface area contributed by atoms with Gasteiger partial charge in [-0.1, -0.05) is 12.1 Å². The van der Waals surface area contributed by atoms with Gasteiger partial charge in [0.25, 0.3) is 0 Å². The van der Waals surface area contributed by atoms with Crippen LogP contribution in [-0.2, 0) is 0 Å². The van der Waals surface area contributed by atoms with E-state index in [1.54, 1.807) is 18.2 Å². The van der Waals surface area contributed by atoms with Crippen LogP contribution < -0.4 is 15.8 Å². The van der Waals surface area contributed by atoms with Crippen LogP contribution in [0.1, 0.15) is 0 Å². The second-order valence-electron chi connectivity index (χ2n) is 2.24. The lowest BCUT2D eigenvalue weighted by atomic mass is 10.3. The second-order valence-corrected chi connectivity index (χ2v) is 2.24. The zero-order valence-electron chi connectivity index (χ0n) is 6.79. The number of hydrogen-bond donors (Lipinski definition) is 2. The van der Waals surface area contributed by atoms with Crippen molar-refractivity contribution in [2.24, 2.45) is 5.73 Å². The Kier molecular flexibility index (Phi) is 3.08. The van der Waals surface area contributed by atoms with Crippen molar-refractivity contribution in [1.82, 2.24) is 0 Å². The first-order valence-corrected chi connectivity index (χ1v) is 3.58. The number of urea groups is 1. The Morgan fingerprint density at radius 3 is 2.85 bits per heavy atom. The van der Waals surface area contributed by atoms with Crippen molar-refractivity contribution in [1.29, 1.82) is 0 Å². The average molecular weight is 184 g/mol. The molecule has 0 aliphatic carbocycles. The van der Waals surface area contributed by atoms with Gasteiger partial charge in [0.15, 0.2) is 0 Å². The largest absolute Gasteiger partial charge is 0.461 e. The third-order valence-corrected chi connectivity index (χ3v) is 1.35. The minimum atomic E-state index is -0.947. The molecule has 5 heteroatoms. The maximum Gasteiger partial charge on any atom is 0.316 e. The summed E-state index contributed by atoms with van der Waals surface area (Å²) in [6.45, 7) is -0.947. The van der Waals surface area contributed by atoms with E-state index in [0.29, 0.717) is 5.69 Å². The average Bonchev–Trinajstić information content (AvgIpc) is 2.08. The third kappa shape index (κ3) is 2.62. The summed E-state index contributed by atoms with van der Waals surface area (Å²) in [7, 11) is 0. The van der Waals surface area contributed by atoms with E-state index in [-0.39, 0.29) is 5.75 Å². The Bertz CT molecular complexity index is 304. The minimum Gasteiger partial charge on any atom is -0.461 e. The van der Waals surface area contributed by atoms with E-state index in [9.17, 15) is 9.18 Å². The molecular formula is C8H9FN2O2. The molecule has 2 amide bonds. The molecule has 13 heavy (non-hydrogen) atoms. The molecule has 0 heterocycles. The number of nitrogens with two attached hydrogens (primary N) is 1. The van der Waals surface area contributed by atoms with Gasteiger partial charge in [-0.05, 0) is 12.1 Å². The number of hydrogen-bond acceptors (Lipinski definition) is 2. The normalized spacial score (nSPS) is 9.31. The maximum absolute atomic E-state index is 11.8. The first-order chi connectivity index (χ1) is 6.24. The molecule has 0 radical (unpaired) electrons. The smallest absolute Gasteiger partial charge is 0.316 e. The Labute approximate surface area is 74.5 Å². The molecule has 70 valence electrons. The minimum absolute atomic E-state index is 0.254. The molecule has 1 aromatic rings. The molecule has 1 rings (SSSR count). The predicted molar refractivity (Wildman–Crippen MR) is 46.3 cm³/mol. The summed E-state index contributed by atoms with van der Waals surface area (Å²) >= 11 is 0. The molecule has 0 aromatic heterocycles. The standard InChI is InChI=1S/C8H9FN2O2/c9-5-13-7-4-2-1-3-6(7)11-8(10)12/h1-4H,5H2,(H3,10,11,12). The number of halogens is 1. The highest BCUT2D eigenvalue weighted by atomic mass is 19.1. The molecule has 3 N–H and O–H groups in total. The lowest BCUT2D eigenvalue weighted by molar-refractivity contribution is 0.192. The first kappa shape index (κ1) is 9.31. The van der Waals surface area contributed by atoms with Crippen LogP contribution in [0.5, 0.6) is 5.75 Å². The summed E-state index contributed by atoms with van der Waals surface area (Å²) in [5.74, 6) is 0.254. The van der Waals surface area contributed by atoms with Crippen molar-refractivity contribution >= 4 is 11.7 Å². The molecule has 1 aromatic carbocycles. The molecule has 0 saturated heterocycles. The van der Waals surface area contributed by atoms with Crippen molar-refractivity contribution in [3.8, 4) is 5.75 Å². The first-order valence-electron chi connectivity index (χ1n) is 3.58. The van der Waals surface area contributed by atoms with Gasteiger partial charge in [0.1, 0.15) is 5.75 Å². The fourth-order valence-corrected chi connectivity index (χ4v) is 0.887. The van der Waals surface area contributed by atoms with Gasteiger partial charge >= 0.3 is 6.03 Å². The van der Waals surface area contributed by atoms with Crippen molar-refractivity contribution in [2.75, 3.05) is 12.2 Å². The summed E-state index contributed by atoms with van der Waals surface area (Å²) in [5, 5.41) is 2.31. The van der Waals surface area contributed by atoms with Crippen LogP contribution >= 0.6 is 0 Å². The summed E-state index contributed by atoms with van der Waals surface area (Å²) in [5.41, 5.74) is 5.24. The van der Waals surface area contributed by atoms with Gasteiger partial charge in [0, 0.05) is 0 Å². The SMILES string of the molecule is NC(=O)Nc1ccccc1OCF. The zero-order chi connectivity index (χ0) is 9.68. The number of anilines is 1. The number of amides is 2. The quantitative estimate of drug-likeness (QED) is 0.747. The number of nitrogens with one attached hydrogen (secondary N) is 1. The van der Waals surface area contributed by atoms with Gasteiger partial charge in [0.2, 0.25) is 6.86 Å². The zero-order valence-corrected chi connectivity index (χ0v) is 6.79. The van der Waals surface area contributed by atoms with E-state index in [0.717, 1.165) is 0 Å².